The lowest BCUT2D eigenvalue weighted by Gasteiger charge is -2.27. The molecule has 0 aromatic heterocycles. The van der Waals surface area contributed by atoms with Crippen LogP contribution in [0.4, 0.5) is 0 Å². The Labute approximate surface area is 540 Å². The molecule has 0 aliphatic carbocycles. The van der Waals surface area contributed by atoms with Crippen LogP contribution in [-0.2, 0) is 27.9 Å². The topological polar surface area (TPSA) is 111 Å². The quantitative estimate of drug-likeness (QED) is 0.0205. The highest BCUT2D eigenvalue weighted by Gasteiger charge is 2.30. The van der Waals surface area contributed by atoms with Crippen LogP contribution in [-0.4, -0.2) is 74.3 Å². The van der Waals surface area contributed by atoms with Gasteiger partial charge in [0.2, 0.25) is 5.91 Å². The number of phosphoric acid groups is 1. The van der Waals surface area contributed by atoms with Gasteiger partial charge in [-0.25, -0.2) is 4.57 Å². The van der Waals surface area contributed by atoms with Crippen LogP contribution in [0.5, 0.6) is 0 Å². The summed E-state index contributed by atoms with van der Waals surface area (Å²) in [6.45, 7) is 7.01. The summed E-state index contributed by atoms with van der Waals surface area (Å²) in [5, 5.41) is 3.08. The summed E-state index contributed by atoms with van der Waals surface area (Å²) in [7, 11) is 1.50. The number of nitrogens with zero attached hydrogens (tertiary/aromatic N) is 1. The number of quaternary nitrogens is 1. The SMILES string of the molecule is CCCCC/C=C\C/C=C\C/C=C\CCCCCCCCCCCCCCCCC(=O)OC(/C=C\CCCCCCCCCCCCC)C(COP(=O)(O)OCC[N+](C)(C)C)NC(=O)CCCCCCCCCCCCC/C=C\C/C=C\CCCCC. The first-order valence-corrected chi connectivity index (χ1v) is 38.8. The fourth-order valence-corrected chi connectivity index (χ4v) is 11.6. The molecule has 3 atom stereocenters. The number of hydrogen-bond acceptors (Lipinski definition) is 6. The van der Waals surface area contributed by atoms with E-state index in [1.54, 1.807) is 0 Å². The Morgan fingerprint density at radius 2 is 0.701 bits per heavy atom. The molecule has 0 rings (SSSR count). The van der Waals surface area contributed by atoms with E-state index in [1.807, 2.05) is 33.3 Å². The molecule has 3 unspecified atom stereocenters. The molecule has 0 aliphatic heterocycles. The van der Waals surface area contributed by atoms with Gasteiger partial charge >= 0.3 is 13.8 Å². The van der Waals surface area contributed by atoms with Crippen molar-refractivity contribution in [3.63, 3.8) is 0 Å². The molecular weight excluding hydrogens is 1100 g/mol. The van der Waals surface area contributed by atoms with Gasteiger partial charge in [-0.3, -0.25) is 18.6 Å². The smallest absolute Gasteiger partial charge is 0.456 e. The van der Waals surface area contributed by atoms with Crippen molar-refractivity contribution in [2.45, 2.75) is 367 Å². The van der Waals surface area contributed by atoms with Crippen molar-refractivity contribution in [3.8, 4) is 0 Å². The third kappa shape index (κ3) is 67.7. The van der Waals surface area contributed by atoms with Gasteiger partial charge in [0.05, 0.1) is 33.8 Å². The standard InChI is InChI=1S/C77H143N2O7P/c1-7-10-13-16-19-22-25-28-30-32-34-36-37-38-39-40-41-43-45-47-49-52-55-58-61-64-67-70-77(81)86-75(68-65-62-59-56-53-50-27-24-21-18-15-12-9-3)74(73-85-87(82,83)84-72-71-79(4,5)6)78-76(80)69-66-63-60-57-54-51-48-46-44-42-35-33-31-29-26-23-20-17-14-11-8-2/h19-20,22-23,28-31,34,36,65,68,74-75H,7-18,21,24-27,32-33,35,37-64,66-67,69-73H2,1-6H3,(H-,78,80,82,83)/p+1/b22-19-,23-20-,30-28-,31-29-,36-34-,68-65-. The van der Waals surface area contributed by atoms with Crippen molar-refractivity contribution in [1.82, 2.24) is 5.32 Å². The van der Waals surface area contributed by atoms with Crippen LogP contribution < -0.4 is 5.32 Å². The zero-order chi connectivity index (χ0) is 63.5. The van der Waals surface area contributed by atoms with Gasteiger partial charge in [-0.15, -0.1) is 0 Å². The number of allylic oxidation sites excluding steroid dienone is 11. The van der Waals surface area contributed by atoms with Crippen molar-refractivity contribution in [1.29, 1.82) is 0 Å². The van der Waals surface area contributed by atoms with Gasteiger partial charge in [0.15, 0.2) is 0 Å². The molecule has 1 amide bonds. The molecule has 0 aliphatic rings. The molecule has 0 saturated carbocycles. The molecule has 9 nitrogen and oxygen atoms in total. The van der Waals surface area contributed by atoms with E-state index in [4.69, 9.17) is 13.8 Å². The molecule has 0 spiro atoms. The minimum Gasteiger partial charge on any atom is -0.456 e. The highest BCUT2D eigenvalue weighted by molar-refractivity contribution is 7.47. The van der Waals surface area contributed by atoms with E-state index >= 15 is 0 Å². The van der Waals surface area contributed by atoms with Crippen LogP contribution in [0.3, 0.4) is 0 Å². The van der Waals surface area contributed by atoms with Gasteiger partial charge < -0.3 is 19.4 Å². The van der Waals surface area contributed by atoms with Crippen molar-refractivity contribution in [2.24, 2.45) is 0 Å². The summed E-state index contributed by atoms with van der Waals surface area (Å²) in [6.07, 6.45) is 87.7. The fourth-order valence-electron chi connectivity index (χ4n) is 10.9. The molecule has 0 fully saturated rings. The predicted octanol–water partition coefficient (Wildman–Crippen LogP) is 23.9. The Morgan fingerprint density at radius 1 is 0.402 bits per heavy atom. The van der Waals surface area contributed by atoms with E-state index in [0.29, 0.717) is 23.9 Å². The van der Waals surface area contributed by atoms with Crippen LogP contribution in [0.15, 0.2) is 72.9 Å². The van der Waals surface area contributed by atoms with Crippen molar-refractivity contribution < 1.29 is 37.3 Å². The number of unbranched alkanes of at least 4 members (excludes halogenated alkanes) is 42. The average Bonchev–Trinajstić information content (AvgIpc) is 3.70. The molecule has 0 saturated heterocycles. The van der Waals surface area contributed by atoms with E-state index < -0.39 is 20.0 Å². The second-order valence-electron chi connectivity index (χ2n) is 26.5. The van der Waals surface area contributed by atoms with Crippen LogP contribution in [0.25, 0.3) is 0 Å². The third-order valence-corrected chi connectivity index (χ3v) is 17.6. The molecule has 2 N–H and O–H groups in total. The number of carbonyl (C=O) groups is 2. The van der Waals surface area contributed by atoms with E-state index in [2.05, 4.69) is 86.8 Å². The molecule has 0 radical (unpaired) electrons. The van der Waals surface area contributed by atoms with Crippen LogP contribution >= 0.6 is 7.82 Å². The predicted molar refractivity (Wildman–Crippen MR) is 378 cm³/mol. The van der Waals surface area contributed by atoms with Crippen LogP contribution in [0.2, 0.25) is 0 Å². The number of ether oxygens (including phenoxy) is 1. The molecule has 10 heteroatoms. The summed E-state index contributed by atoms with van der Waals surface area (Å²) in [4.78, 5) is 38.0. The summed E-state index contributed by atoms with van der Waals surface area (Å²) in [5.74, 6) is -0.495. The van der Waals surface area contributed by atoms with Crippen molar-refractivity contribution >= 4 is 19.7 Å². The molecular formula is C77H144N2O7P+. The molecule has 0 aromatic carbocycles. The van der Waals surface area contributed by atoms with Gasteiger partial charge in [0, 0.05) is 12.8 Å². The van der Waals surface area contributed by atoms with E-state index in [-0.39, 0.29) is 25.1 Å². The van der Waals surface area contributed by atoms with Crippen LogP contribution in [0.1, 0.15) is 355 Å². The van der Waals surface area contributed by atoms with E-state index in [1.165, 1.54) is 244 Å². The highest BCUT2D eigenvalue weighted by Crippen LogP contribution is 2.43. The Bertz CT molecular complexity index is 1720. The zero-order valence-corrected chi connectivity index (χ0v) is 59.2. The number of likely N-dealkylation sites (N-methyl/N-ethyl adjacent to an activating group) is 1. The Morgan fingerprint density at radius 3 is 1.07 bits per heavy atom. The first kappa shape index (κ1) is 84.5. The van der Waals surface area contributed by atoms with Crippen molar-refractivity contribution in [3.05, 3.63) is 72.9 Å². The van der Waals surface area contributed by atoms with E-state index in [0.717, 1.165) is 77.0 Å². The second-order valence-corrected chi connectivity index (χ2v) is 27.9. The van der Waals surface area contributed by atoms with Crippen molar-refractivity contribution in [2.75, 3.05) is 40.9 Å². The summed E-state index contributed by atoms with van der Waals surface area (Å²) in [6, 6.07) is -0.852. The lowest BCUT2D eigenvalue weighted by molar-refractivity contribution is -0.870. The number of esters is 1. The lowest BCUT2D eigenvalue weighted by atomic mass is 10.0. The summed E-state index contributed by atoms with van der Waals surface area (Å²) < 4.78 is 30.9. The van der Waals surface area contributed by atoms with Crippen LogP contribution in [0, 0.1) is 0 Å². The first-order valence-electron chi connectivity index (χ1n) is 37.3. The van der Waals surface area contributed by atoms with E-state index in [9.17, 15) is 19.0 Å². The van der Waals surface area contributed by atoms with Gasteiger partial charge in [-0.05, 0) is 102 Å². The average molecular weight is 1240 g/mol. The monoisotopic (exact) mass is 1240 g/mol. The lowest BCUT2D eigenvalue weighted by Crippen LogP contribution is -2.47. The largest absolute Gasteiger partial charge is 0.472 e. The molecule has 508 valence electrons. The highest BCUT2D eigenvalue weighted by atomic mass is 31.2. The number of nitrogens with one attached hydrogen (secondary N) is 1. The molecule has 0 aromatic rings. The summed E-state index contributed by atoms with van der Waals surface area (Å²) in [5.41, 5.74) is 0. The van der Waals surface area contributed by atoms with Gasteiger partial charge in [-0.2, -0.15) is 0 Å². The Balaban J connectivity index is 5.03. The normalized spacial score (nSPS) is 13.9. The number of amides is 1. The minimum atomic E-state index is -4.46. The Kier molecular flexibility index (Phi) is 64.4. The second kappa shape index (κ2) is 66.4. The molecule has 0 heterocycles. The van der Waals surface area contributed by atoms with Gasteiger partial charge in [0.25, 0.3) is 0 Å². The number of phosphoric ester groups is 1. The summed E-state index contributed by atoms with van der Waals surface area (Å²) >= 11 is 0. The molecule has 0 bridgehead atoms. The maximum absolute atomic E-state index is 13.6. The first-order chi connectivity index (χ1) is 42.4. The minimum absolute atomic E-state index is 0.0393. The van der Waals surface area contributed by atoms with Gasteiger partial charge in [-0.1, -0.05) is 312 Å². The number of carbonyl (C=O) groups excluding carboxylic acids is 2. The fraction of sp³-hybridized carbons (Fsp3) is 0.818. The molecule has 87 heavy (non-hydrogen) atoms. The maximum Gasteiger partial charge on any atom is 0.472 e. The zero-order valence-electron chi connectivity index (χ0n) is 58.3. The number of rotatable bonds is 68. The van der Waals surface area contributed by atoms with Gasteiger partial charge in [0.1, 0.15) is 19.3 Å². The number of hydrogen-bond donors (Lipinski definition) is 2. The maximum atomic E-state index is 13.6. The Hall–Kier alpha value is -2.55. The third-order valence-electron chi connectivity index (χ3n) is 16.6.